The molecule has 1 unspecified atom stereocenters. The molecular formula is C23H32N4O. The smallest absolute Gasteiger partial charge is 0.243 e. The van der Waals surface area contributed by atoms with Crippen LogP contribution in [0.25, 0.3) is 0 Å². The van der Waals surface area contributed by atoms with Gasteiger partial charge in [-0.2, -0.15) is 0 Å². The topological polar surface area (TPSA) is 56.7 Å². The fourth-order valence-electron chi connectivity index (χ4n) is 3.02. The zero-order valence-electron chi connectivity index (χ0n) is 17.6. The molecular weight excluding hydrogens is 348 g/mol. The fraction of sp³-hybridized carbons (Fsp3) is 0.391. The van der Waals surface area contributed by atoms with Gasteiger partial charge in [-0.25, -0.2) is 4.99 Å². The van der Waals surface area contributed by atoms with Crippen LogP contribution in [0.1, 0.15) is 35.2 Å². The van der Waals surface area contributed by atoms with Crippen molar-refractivity contribution in [1.29, 1.82) is 0 Å². The molecule has 2 rings (SSSR count). The van der Waals surface area contributed by atoms with Crippen molar-refractivity contribution in [1.82, 2.24) is 15.5 Å². The summed E-state index contributed by atoms with van der Waals surface area (Å²) in [7, 11) is 3.48. The molecule has 0 aliphatic heterocycles. The van der Waals surface area contributed by atoms with Crippen molar-refractivity contribution in [3.8, 4) is 0 Å². The molecule has 0 aromatic heterocycles. The molecule has 0 spiro atoms. The number of amides is 1. The number of hydrogen-bond acceptors (Lipinski definition) is 2. The van der Waals surface area contributed by atoms with Gasteiger partial charge in [-0.1, -0.05) is 48.5 Å². The minimum absolute atomic E-state index is 0.0248. The Labute approximate surface area is 168 Å². The van der Waals surface area contributed by atoms with Gasteiger partial charge in [0.2, 0.25) is 5.91 Å². The Hall–Kier alpha value is -2.82. The highest BCUT2D eigenvalue weighted by atomic mass is 16.2. The van der Waals surface area contributed by atoms with E-state index in [1.807, 2.05) is 18.2 Å². The van der Waals surface area contributed by atoms with Gasteiger partial charge in [0.1, 0.15) is 6.54 Å². The van der Waals surface area contributed by atoms with Crippen LogP contribution in [-0.2, 0) is 11.2 Å². The van der Waals surface area contributed by atoms with E-state index in [4.69, 9.17) is 0 Å². The maximum Gasteiger partial charge on any atom is 0.243 e. The molecule has 1 atom stereocenters. The Morgan fingerprint density at radius 1 is 1.04 bits per heavy atom. The summed E-state index contributed by atoms with van der Waals surface area (Å²) in [5, 5.41) is 6.80. The Bertz CT molecular complexity index is 779. The molecule has 0 saturated heterocycles. The first-order chi connectivity index (χ1) is 13.4. The summed E-state index contributed by atoms with van der Waals surface area (Å²) >= 11 is 0. The number of nitrogens with one attached hydrogen (secondary N) is 2. The lowest BCUT2D eigenvalue weighted by Gasteiger charge is -2.19. The van der Waals surface area contributed by atoms with Crippen molar-refractivity contribution in [3.63, 3.8) is 0 Å². The normalized spacial score (nSPS) is 12.4. The third kappa shape index (κ3) is 6.41. The summed E-state index contributed by atoms with van der Waals surface area (Å²) in [5.74, 6) is 0.626. The standard InChI is InChI=1S/C23H32N4O/c1-17-10-9-11-18(2)21(17)14-15-24-23(25-16-22(28)27(4)5)26-19(3)20-12-7-6-8-13-20/h6-13,19H,14-16H2,1-5H3,(H2,24,25,26). The molecule has 1 amide bonds. The average molecular weight is 381 g/mol. The van der Waals surface area contributed by atoms with Crippen LogP contribution in [0.3, 0.4) is 0 Å². The largest absolute Gasteiger partial charge is 0.356 e. The van der Waals surface area contributed by atoms with Crippen molar-refractivity contribution in [3.05, 3.63) is 70.8 Å². The Morgan fingerprint density at radius 2 is 1.68 bits per heavy atom. The summed E-state index contributed by atoms with van der Waals surface area (Å²) in [6.45, 7) is 7.24. The van der Waals surface area contributed by atoms with E-state index >= 15 is 0 Å². The quantitative estimate of drug-likeness (QED) is 0.573. The van der Waals surface area contributed by atoms with E-state index in [9.17, 15) is 4.79 Å². The predicted molar refractivity (Wildman–Crippen MR) is 117 cm³/mol. The van der Waals surface area contributed by atoms with Gasteiger partial charge in [-0.3, -0.25) is 4.79 Å². The van der Waals surface area contributed by atoms with E-state index in [2.05, 4.69) is 66.7 Å². The Morgan fingerprint density at radius 3 is 2.29 bits per heavy atom. The molecule has 2 aromatic rings. The molecule has 0 saturated carbocycles. The van der Waals surface area contributed by atoms with E-state index in [1.165, 1.54) is 22.3 Å². The summed E-state index contributed by atoms with van der Waals surface area (Å²) in [6, 6.07) is 16.7. The summed E-state index contributed by atoms with van der Waals surface area (Å²) in [5.41, 5.74) is 5.13. The van der Waals surface area contributed by atoms with Crippen LogP contribution >= 0.6 is 0 Å². The van der Waals surface area contributed by atoms with Crippen molar-refractivity contribution in [2.24, 2.45) is 4.99 Å². The molecule has 28 heavy (non-hydrogen) atoms. The second kappa shape index (κ2) is 10.5. The number of carbonyl (C=O) groups excluding carboxylic acids is 1. The van der Waals surface area contributed by atoms with Crippen LogP contribution in [0.4, 0.5) is 0 Å². The van der Waals surface area contributed by atoms with Gasteiger partial charge in [0.05, 0.1) is 6.04 Å². The van der Waals surface area contributed by atoms with Crippen LogP contribution < -0.4 is 10.6 Å². The van der Waals surface area contributed by atoms with E-state index in [-0.39, 0.29) is 18.5 Å². The molecule has 0 radical (unpaired) electrons. The highest BCUT2D eigenvalue weighted by Crippen LogP contribution is 2.14. The number of benzene rings is 2. The van der Waals surface area contributed by atoms with E-state index in [0.717, 1.165) is 13.0 Å². The number of hydrogen-bond donors (Lipinski definition) is 2. The van der Waals surface area contributed by atoms with Gasteiger partial charge in [0.25, 0.3) is 0 Å². The minimum Gasteiger partial charge on any atom is -0.356 e. The zero-order valence-corrected chi connectivity index (χ0v) is 17.6. The molecule has 2 N–H and O–H groups in total. The van der Waals surface area contributed by atoms with Crippen molar-refractivity contribution < 1.29 is 4.79 Å². The molecule has 150 valence electrons. The minimum atomic E-state index is -0.0248. The van der Waals surface area contributed by atoms with Gasteiger partial charge in [-0.05, 0) is 49.4 Å². The summed E-state index contributed by atoms with van der Waals surface area (Å²) in [4.78, 5) is 18.0. The molecule has 5 nitrogen and oxygen atoms in total. The average Bonchev–Trinajstić information content (AvgIpc) is 2.68. The first-order valence-corrected chi connectivity index (χ1v) is 9.73. The van der Waals surface area contributed by atoms with Gasteiger partial charge in [0.15, 0.2) is 5.96 Å². The van der Waals surface area contributed by atoms with Crippen molar-refractivity contribution in [2.45, 2.75) is 33.2 Å². The molecule has 2 aromatic carbocycles. The number of nitrogens with zero attached hydrogens (tertiary/aromatic N) is 2. The molecule has 5 heteroatoms. The maximum atomic E-state index is 12.0. The van der Waals surface area contributed by atoms with Crippen LogP contribution in [0.15, 0.2) is 53.5 Å². The highest BCUT2D eigenvalue weighted by Gasteiger charge is 2.10. The number of likely N-dealkylation sites (N-methyl/N-ethyl adjacent to an activating group) is 1. The zero-order chi connectivity index (χ0) is 20.5. The number of guanidine groups is 1. The first-order valence-electron chi connectivity index (χ1n) is 9.73. The number of aliphatic imine (C=N–C) groups is 1. The van der Waals surface area contributed by atoms with Crippen molar-refractivity contribution in [2.75, 3.05) is 27.2 Å². The SMILES string of the molecule is Cc1cccc(C)c1CCNC(=NCC(=O)N(C)C)NC(C)c1ccccc1. The lowest BCUT2D eigenvalue weighted by molar-refractivity contribution is -0.127. The second-order valence-corrected chi connectivity index (χ2v) is 7.28. The number of carbonyl (C=O) groups is 1. The lowest BCUT2D eigenvalue weighted by Crippen LogP contribution is -2.40. The molecule has 0 bridgehead atoms. The van der Waals surface area contributed by atoms with E-state index < -0.39 is 0 Å². The van der Waals surface area contributed by atoms with E-state index in [1.54, 1.807) is 19.0 Å². The highest BCUT2D eigenvalue weighted by molar-refractivity contribution is 5.85. The van der Waals surface area contributed by atoms with Crippen LogP contribution in [0.5, 0.6) is 0 Å². The number of aryl methyl sites for hydroxylation is 2. The molecule has 0 aliphatic rings. The first kappa shape index (κ1) is 21.5. The Balaban J connectivity index is 2.05. The van der Waals surface area contributed by atoms with Crippen LogP contribution in [-0.4, -0.2) is 44.0 Å². The number of rotatable bonds is 7. The lowest BCUT2D eigenvalue weighted by atomic mass is 10.0. The van der Waals surface area contributed by atoms with Crippen LogP contribution in [0.2, 0.25) is 0 Å². The maximum absolute atomic E-state index is 12.0. The second-order valence-electron chi connectivity index (χ2n) is 7.28. The predicted octanol–water partition coefficient (Wildman–Crippen LogP) is 3.23. The summed E-state index contributed by atoms with van der Waals surface area (Å²) < 4.78 is 0. The van der Waals surface area contributed by atoms with Gasteiger partial charge in [-0.15, -0.1) is 0 Å². The fourth-order valence-corrected chi connectivity index (χ4v) is 3.02. The van der Waals surface area contributed by atoms with Gasteiger partial charge >= 0.3 is 0 Å². The monoisotopic (exact) mass is 380 g/mol. The van der Waals surface area contributed by atoms with Gasteiger partial charge < -0.3 is 15.5 Å². The van der Waals surface area contributed by atoms with Crippen LogP contribution in [0, 0.1) is 13.8 Å². The molecule has 0 aliphatic carbocycles. The van der Waals surface area contributed by atoms with Crippen molar-refractivity contribution >= 4 is 11.9 Å². The summed E-state index contributed by atoms with van der Waals surface area (Å²) in [6.07, 6.45) is 0.903. The molecule has 0 heterocycles. The van der Waals surface area contributed by atoms with Gasteiger partial charge in [0, 0.05) is 20.6 Å². The Kier molecular flexibility index (Phi) is 8.05. The third-order valence-electron chi connectivity index (χ3n) is 4.84. The van der Waals surface area contributed by atoms with E-state index in [0.29, 0.717) is 5.96 Å². The molecule has 0 fully saturated rings. The third-order valence-corrected chi connectivity index (χ3v) is 4.84.